The van der Waals surface area contributed by atoms with Gasteiger partial charge in [0.15, 0.2) is 0 Å². The van der Waals surface area contributed by atoms with E-state index in [0.29, 0.717) is 5.75 Å². The maximum absolute atomic E-state index is 10.5. The normalized spacial score (nSPS) is 9.87. The summed E-state index contributed by atoms with van der Waals surface area (Å²) >= 11 is 5.17. The second kappa shape index (κ2) is 5.90. The summed E-state index contributed by atoms with van der Waals surface area (Å²) in [6.07, 6.45) is 7.95. The molecule has 0 unspecified atom stereocenters. The van der Waals surface area contributed by atoms with Gasteiger partial charge in [-0.1, -0.05) is 24.1 Å². The lowest BCUT2D eigenvalue weighted by atomic mass is 10.2. The van der Waals surface area contributed by atoms with Crippen molar-refractivity contribution < 1.29 is 9.53 Å². The number of benzene rings is 1. The highest BCUT2D eigenvalue weighted by molar-refractivity contribution is 6.66. The average molecular weight is 221 g/mol. The molecule has 0 bridgehead atoms. The molecule has 0 aliphatic carbocycles. The van der Waals surface area contributed by atoms with Gasteiger partial charge in [0.1, 0.15) is 12.4 Å². The summed E-state index contributed by atoms with van der Waals surface area (Å²) in [4.78, 5) is 10.5. The van der Waals surface area contributed by atoms with Gasteiger partial charge in [0.2, 0.25) is 5.24 Å². The van der Waals surface area contributed by atoms with Crippen molar-refractivity contribution in [2.45, 2.75) is 0 Å². The predicted octanol–water partition coefficient (Wildman–Crippen LogP) is 2.48. The molecular weight excluding hydrogens is 212 g/mol. The molecule has 0 atom stereocenters. The third kappa shape index (κ3) is 4.35. The van der Waals surface area contributed by atoms with Gasteiger partial charge in [0.25, 0.3) is 0 Å². The summed E-state index contributed by atoms with van der Waals surface area (Å²) in [5.41, 5.74) is 0.832. The summed E-state index contributed by atoms with van der Waals surface area (Å²) < 4.78 is 5.21. The smallest absolute Gasteiger partial charge is 0.245 e. The van der Waals surface area contributed by atoms with Gasteiger partial charge >= 0.3 is 0 Å². The fourth-order valence-electron chi connectivity index (χ4n) is 0.995. The highest BCUT2D eigenvalue weighted by Crippen LogP contribution is 2.14. The maximum Gasteiger partial charge on any atom is 0.245 e. The average Bonchev–Trinajstić information content (AvgIpc) is 2.24. The lowest BCUT2D eigenvalue weighted by Gasteiger charge is -2.02. The number of hydrogen-bond acceptors (Lipinski definition) is 2. The molecule has 1 aromatic carbocycles. The third-order valence-electron chi connectivity index (χ3n) is 1.59. The van der Waals surface area contributed by atoms with Crippen LogP contribution in [0.25, 0.3) is 6.08 Å². The Hall–Kier alpha value is -1.72. The standard InChI is InChI=1S/C12H9ClO2/c1-2-8-15-11-5-3-4-10(9-11)6-7-12(13)14/h1,3-7,9H,8H2. The van der Waals surface area contributed by atoms with E-state index in [9.17, 15) is 4.79 Å². The Bertz CT molecular complexity index is 416. The quantitative estimate of drug-likeness (QED) is 0.443. The summed E-state index contributed by atoms with van der Waals surface area (Å²) in [5.74, 6) is 3.03. The van der Waals surface area contributed by atoms with Gasteiger partial charge in [-0.25, -0.2) is 0 Å². The first-order valence-electron chi connectivity index (χ1n) is 4.26. The zero-order valence-electron chi connectivity index (χ0n) is 7.94. The second-order valence-corrected chi connectivity index (χ2v) is 3.08. The number of halogens is 1. The van der Waals surface area contributed by atoms with Gasteiger partial charge in [0, 0.05) is 0 Å². The van der Waals surface area contributed by atoms with E-state index in [0.717, 1.165) is 5.56 Å². The molecule has 2 nitrogen and oxygen atoms in total. The number of hydrogen-bond donors (Lipinski definition) is 0. The van der Waals surface area contributed by atoms with E-state index in [4.69, 9.17) is 22.8 Å². The van der Waals surface area contributed by atoms with Crippen molar-refractivity contribution in [3.05, 3.63) is 35.9 Å². The highest BCUT2D eigenvalue weighted by Gasteiger charge is 1.93. The van der Waals surface area contributed by atoms with E-state index in [1.807, 2.05) is 12.1 Å². The van der Waals surface area contributed by atoms with Crippen molar-refractivity contribution >= 4 is 22.9 Å². The first-order chi connectivity index (χ1) is 7.22. The molecule has 0 aromatic heterocycles. The maximum atomic E-state index is 10.5. The number of carbonyl (C=O) groups excluding carboxylic acids is 1. The summed E-state index contributed by atoms with van der Waals surface area (Å²) in [7, 11) is 0. The van der Waals surface area contributed by atoms with E-state index in [2.05, 4.69) is 5.92 Å². The molecule has 0 heterocycles. The summed E-state index contributed by atoms with van der Waals surface area (Å²) in [6, 6.07) is 7.20. The monoisotopic (exact) mass is 220 g/mol. The molecule has 0 saturated heterocycles. The van der Waals surface area contributed by atoms with E-state index in [-0.39, 0.29) is 6.61 Å². The van der Waals surface area contributed by atoms with Crippen molar-refractivity contribution in [3.8, 4) is 18.1 Å². The minimum Gasteiger partial charge on any atom is -0.481 e. The first kappa shape index (κ1) is 11.4. The van der Waals surface area contributed by atoms with Crippen molar-refractivity contribution in [1.82, 2.24) is 0 Å². The fourth-order valence-corrected chi connectivity index (χ4v) is 1.06. The molecule has 3 heteroatoms. The van der Waals surface area contributed by atoms with E-state index in [1.54, 1.807) is 18.2 Å². The third-order valence-corrected chi connectivity index (χ3v) is 1.71. The van der Waals surface area contributed by atoms with E-state index < -0.39 is 5.24 Å². The molecule has 76 valence electrons. The molecule has 0 aliphatic heterocycles. The van der Waals surface area contributed by atoms with Gasteiger partial charge < -0.3 is 4.74 Å². The first-order valence-corrected chi connectivity index (χ1v) is 4.64. The van der Waals surface area contributed by atoms with Crippen LogP contribution in [0.3, 0.4) is 0 Å². The van der Waals surface area contributed by atoms with Crippen LogP contribution < -0.4 is 4.74 Å². The molecule has 0 aliphatic rings. The Labute approximate surface area is 93.5 Å². The topological polar surface area (TPSA) is 26.3 Å². The molecular formula is C12H9ClO2. The lowest BCUT2D eigenvalue weighted by molar-refractivity contribution is -0.107. The lowest BCUT2D eigenvalue weighted by Crippen LogP contribution is -1.93. The van der Waals surface area contributed by atoms with Crippen LogP contribution in [0.1, 0.15) is 5.56 Å². The van der Waals surface area contributed by atoms with Crippen LogP contribution in [0.15, 0.2) is 30.3 Å². The molecule has 0 saturated carbocycles. The molecule has 0 N–H and O–H groups in total. The van der Waals surface area contributed by atoms with Gasteiger partial charge in [0.05, 0.1) is 0 Å². The summed E-state index contributed by atoms with van der Waals surface area (Å²) in [5, 5.41) is -0.509. The number of rotatable bonds is 4. The van der Waals surface area contributed by atoms with Crippen LogP contribution in [-0.2, 0) is 4.79 Å². The number of ether oxygens (including phenoxy) is 1. The van der Waals surface area contributed by atoms with Gasteiger partial charge in [-0.3, -0.25) is 4.79 Å². The molecule has 0 spiro atoms. The van der Waals surface area contributed by atoms with Gasteiger partial charge in [-0.2, -0.15) is 0 Å². The number of allylic oxidation sites excluding steroid dienone is 1. The Morgan fingerprint density at radius 2 is 2.40 bits per heavy atom. The molecule has 1 aromatic rings. The largest absolute Gasteiger partial charge is 0.481 e. The van der Waals surface area contributed by atoms with Crippen LogP contribution in [0.4, 0.5) is 0 Å². The van der Waals surface area contributed by atoms with Gasteiger partial charge in [-0.05, 0) is 35.4 Å². The van der Waals surface area contributed by atoms with E-state index in [1.165, 1.54) is 6.08 Å². The molecule has 0 radical (unpaired) electrons. The Balaban J connectivity index is 2.74. The number of carbonyl (C=O) groups is 1. The van der Waals surface area contributed by atoms with Crippen LogP contribution in [-0.4, -0.2) is 11.8 Å². The van der Waals surface area contributed by atoms with Crippen molar-refractivity contribution in [2.24, 2.45) is 0 Å². The predicted molar refractivity (Wildman–Crippen MR) is 60.7 cm³/mol. The fraction of sp³-hybridized carbons (Fsp3) is 0.0833. The Morgan fingerprint density at radius 3 is 3.07 bits per heavy atom. The molecule has 15 heavy (non-hydrogen) atoms. The molecule has 1 rings (SSSR count). The van der Waals surface area contributed by atoms with E-state index >= 15 is 0 Å². The van der Waals surface area contributed by atoms with Gasteiger partial charge in [-0.15, -0.1) is 6.42 Å². The van der Waals surface area contributed by atoms with Crippen molar-refractivity contribution in [3.63, 3.8) is 0 Å². The Morgan fingerprint density at radius 1 is 1.60 bits per heavy atom. The Kier molecular flexibility index (Phi) is 4.46. The molecule has 0 amide bonds. The zero-order chi connectivity index (χ0) is 11.1. The minimum atomic E-state index is -0.509. The molecule has 0 fully saturated rings. The van der Waals surface area contributed by atoms with Crippen LogP contribution in [0, 0.1) is 12.3 Å². The second-order valence-electron chi connectivity index (χ2n) is 2.70. The van der Waals surface area contributed by atoms with Crippen LogP contribution >= 0.6 is 11.6 Å². The highest BCUT2D eigenvalue weighted by atomic mass is 35.5. The zero-order valence-corrected chi connectivity index (χ0v) is 8.70. The summed E-state index contributed by atoms with van der Waals surface area (Å²) in [6.45, 7) is 0.224. The minimum absolute atomic E-state index is 0.224. The van der Waals surface area contributed by atoms with Crippen molar-refractivity contribution in [2.75, 3.05) is 6.61 Å². The SMILES string of the molecule is C#CCOc1cccc(C=CC(=O)Cl)c1. The van der Waals surface area contributed by atoms with Crippen molar-refractivity contribution in [1.29, 1.82) is 0 Å². The van der Waals surface area contributed by atoms with Crippen LogP contribution in [0.2, 0.25) is 0 Å². The number of terminal acetylenes is 1. The van der Waals surface area contributed by atoms with Crippen LogP contribution in [0.5, 0.6) is 5.75 Å².